The van der Waals surface area contributed by atoms with E-state index < -0.39 is 11.7 Å². The number of furan rings is 1. The lowest BCUT2D eigenvalue weighted by Crippen LogP contribution is -2.29. The number of halogens is 3. The number of hydrogen-bond acceptors (Lipinski definition) is 4. The molecule has 0 unspecified atom stereocenters. The third-order valence-corrected chi connectivity index (χ3v) is 3.27. The zero-order valence-corrected chi connectivity index (χ0v) is 12.3. The lowest BCUT2D eigenvalue weighted by Gasteiger charge is -2.07. The Balaban J connectivity index is 2.07. The first-order valence-corrected chi connectivity index (χ1v) is 6.55. The Labute approximate surface area is 126 Å². The molecule has 20 heavy (non-hydrogen) atoms. The fourth-order valence-electron chi connectivity index (χ4n) is 1.41. The first-order chi connectivity index (χ1) is 9.51. The third-order valence-electron chi connectivity index (χ3n) is 2.36. The van der Waals surface area contributed by atoms with Crippen LogP contribution in [0, 0.1) is 5.82 Å². The van der Waals surface area contributed by atoms with Crippen molar-refractivity contribution in [1.29, 1.82) is 0 Å². The van der Waals surface area contributed by atoms with Gasteiger partial charge >= 0.3 is 5.91 Å². The summed E-state index contributed by atoms with van der Waals surface area (Å²) < 4.78 is 24.4. The highest BCUT2D eigenvalue weighted by Crippen LogP contribution is 2.31. The van der Waals surface area contributed by atoms with Crippen molar-refractivity contribution in [2.75, 3.05) is 0 Å². The maximum atomic E-state index is 13.3. The van der Waals surface area contributed by atoms with E-state index in [4.69, 9.17) is 26.6 Å². The molecule has 0 fully saturated rings. The summed E-state index contributed by atoms with van der Waals surface area (Å²) in [5, 5.41) is -0.0101. The van der Waals surface area contributed by atoms with E-state index in [-0.39, 0.29) is 23.1 Å². The van der Waals surface area contributed by atoms with E-state index in [2.05, 4.69) is 15.9 Å². The number of carbonyl (C=O) groups excluding carboxylic acids is 1. The fraction of sp³-hybridized carbons (Fsp3) is 0.0833. The number of nitrogen functional groups attached to an aromatic ring is 1. The average molecular weight is 364 g/mol. The molecule has 2 aromatic rings. The molecule has 0 aliphatic rings. The summed E-state index contributed by atoms with van der Waals surface area (Å²) in [4.78, 5) is 11.2. The Morgan fingerprint density at radius 1 is 1.50 bits per heavy atom. The minimum atomic E-state index is -0.590. The summed E-state index contributed by atoms with van der Waals surface area (Å²) in [6, 6.07) is 5.56. The van der Waals surface area contributed by atoms with Gasteiger partial charge in [-0.15, -0.1) is 0 Å². The maximum absolute atomic E-state index is 13.3. The maximum Gasteiger partial charge on any atom is 0.300 e. The van der Waals surface area contributed by atoms with Crippen molar-refractivity contribution in [3.63, 3.8) is 0 Å². The van der Waals surface area contributed by atoms with Crippen LogP contribution in [0.25, 0.3) is 0 Å². The van der Waals surface area contributed by atoms with Crippen molar-refractivity contribution in [2.24, 2.45) is 5.84 Å². The quantitative estimate of drug-likeness (QED) is 0.379. The molecule has 106 valence electrons. The van der Waals surface area contributed by atoms with Crippen LogP contribution in [0.15, 0.2) is 33.2 Å². The molecular formula is C12H9BrClFN2O3. The van der Waals surface area contributed by atoms with Gasteiger partial charge in [0.1, 0.15) is 23.9 Å². The summed E-state index contributed by atoms with van der Waals surface area (Å²) in [5.74, 6) is 4.57. The molecule has 1 amide bonds. The van der Waals surface area contributed by atoms with Crippen molar-refractivity contribution in [3.8, 4) is 5.75 Å². The highest BCUT2D eigenvalue weighted by atomic mass is 79.9. The molecule has 0 aliphatic carbocycles. The Morgan fingerprint density at radius 2 is 2.25 bits per heavy atom. The minimum absolute atomic E-state index is 0.0101. The monoisotopic (exact) mass is 362 g/mol. The molecule has 1 heterocycles. The van der Waals surface area contributed by atoms with E-state index in [1.165, 1.54) is 12.1 Å². The molecule has 1 aromatic carbocycles. The van der Waals surface area contributed by atoms with Gasteiger partial charge in [0.25, 0.3) is 0 Å². The Kier molecular flexibility index (Phi) is 4.64. The fourth-order valence-corrected chi connectivity index (χ4v) is 2.17. The van der Waals surface area contributed by atoms with Gasteiger partial charge in [0.05, 0.1) is 9.50 Å². The van der Waals surface area contributed by atoms with Crippen molar-refractivity contribution in [1.82, 2.24) is 5.43 Å². The summed E-state index contributed by atoms with van der Waals surface area (Å²) >= 11 is 8.83. The number of rotatable bonds is 4. The van der Waals surface area contributed by atoms with Gasteiger partial charge in [-0.05, 0) is 34.1 Å². The van der Waals surface area contributed by atoms with Crippen molar-refractivity contribution in [3.05, 3.63) is 51.1 Å². The minimum Gasteiger partial charge on any atom is -0.484 e. The topological polar surface area (TPSA) is 77.5 Å². The second kappa shape index (κ2) is 6.25. The summed E-state index contributed by atoms with van der Waals surface area (Å²) in [7, 11) is 0. The Morgan fingerprint density at radius 3 is 2.95 bits per heavy atom. The van der Waals surface area contributed by atoms with Crippen LogP contribution in [-0.4, -0.2) is 5.91 Å². The summed E-state index contributed by atoms with van der Waals surface area (Å²) in [5.41, 5.74) is 1.95. The zero-order chi connectivity index (χ0) is 14.7. The summed E-state index contributed by atoms with van der Waals surface area (Å²) in [6.07, 6.45) is 0. The zero-order valence-electron chi connectivity index (χ0n) is 9.95. The van der Waals surface area contributed by atoms with E-state index in [9.17, 15) is 9.18 Å². The van der Waals surface area contributed by atoms with Crippen LogP contribution in [0.5, 0.6) is 5.75 Å². The van der Waals surface area contributed by atoms with Gasteiger partial charge in [-0.1, -0.05) is 11.6 Å². The predicted octanol–water partition coefficient (Wildman–Crippen LogP) is 3.02. The molecule has 1 aromatic heterocycles. The van der Waals surface area contributed by atoms with Crippen LogP contribution in [0.4, 0.5) is 4.39 Å². The molecular weight excluding hydrogens is 354 g/mol. The van der Waals surface area contributed by atoms with Crippen LogP contribution < -0.4 is 16.0 Å². The molecule has 0 aliphatic heterocycles. The van der Waals surface area contributed by atoms with Gasteiger partial charge in [-0.3, -0.25) is 10.2 Å². The largest absolute Gasteiger partial charge is 0.484 e. The molecule has 0 spiro atoms. The van der Waals surface area contributed by atoms with Gasteiger partial charge in [0.15, 0.2) is 5.76 Å². The van der Waals surface area contributed by atoms with Crippen LogP contribution in [0.3, 0.4) is 0 Å². The number of ether oxygens (including phenoxy) is 1. The third kappa shape index (κ3) is 3.30. The number of hydrazine groups is 1. The van der Waals surface area contributed by atoms with E-state index in [1.54, 1.807) is 6.07 Å². The van der Waals surface area contributed by atoms with E-state index >= 15 is 0 Å². The van der Waals surface area contributed by atoms with Gasteiger partial charge in [0, 0.05) is 6.07 Å². The van der Waals surface area contributed by atoms with Gasteiger partial charge in [-0.25, -0.2) is 10.2 Å². The van der Waals surface area contributed by atoms with E-state index in [0.717, 1.165) is 6.07 Å². The highest BCUT2D eigenvalue weighted by Gasteiger charge is 2.12. The molecule has 2 rings (SSSR count). The molecule has 3 N–H and O–H groups in total. The van der Waals surface area contributed by atoms with E-state index in [1.807, 2.05) is 5.43 Å². The average Bonchev–Trinajstić information content (AvgIpc) is 2.89. The van der Waals surface area contributed by atoms with Crippen LogP contribution in [0.1, 0.15) is 16.3 Å². The highest BCUT2D eigenvalue weighted by molar-refractivity contribution is 9.10. The number of nitrogens with two attached hydrogens (primary N) is 1. The molecule has 0 radical (unpaired) electrons. The van der Waals surface area contributed by atoms with Crippen LogP contribution >= 0.6 is 27.5 Å². The number of nitrogens with one attached hydrogen (secondary N) is 1. The number of carbonyl (C=O) groups is 1. The Hall–Kier alpha value is -1.57. The SMILES string of the molecule is NNC(=O)c1ccc(COc2cc(F)c(Cl)cc2Br)o1. The second-order valence-electron chi connectivity index (χ2n) is 3.72. The molecule has 0 atom stereocenters. The lowest BCUT2D eigenvalue weighted by atomic mass is 10.3. The first-order valence-electron chi connectivity index (χ1n) is 5.38. The van der Waals surface area contributed by atoms with Crippen LogP contribution in [-0.2, 0) is 6.61 Å². The van der Waals surface area contributed by atoms with Gasteiger partial charge in [0.2, 0.25) is 0 Å². The standard InChI is InChI=1S/C12H9BrClFN2O3/c13-7-3-8(14)9(15)4-11(7)19-5-6-1-2-10(20-6)12(18)17-16/h1-4H,5,16H2,(H,17,18). The number of hydrogen-bond donors (Lipinski definition) is 2. The van der Waals surface area contributed by atoms with E-state index in [0.29, 0.717) is 10.2 Å². The smallest absolute Gasteiger partial charge is 0.300 e. The number of amides is 1. The molecule has 0 bridgehead atoms. The normalized spacial score (nSPS) is 10.4. The van der Waals surface area contributed by atoms with Gasteiger partial charge < -0.3 is 9.15 Å². The lowest BCUT2D eigenvalue weighted by molar-refractivity contribution is 0.0922. The Bertz CT molecular complexity index is 648. The predicted molar refractivity (Wildman–Crippen MR) is 73.8 cm³/mol. The molecule has 0 saturated carbocycles. The van der Waals surface area contributed by atoms with Gasteiger partial charge in [-0.2, -0.15) is 0 Å². The first kappa shape index (κ1) is 14.8. The van der Waals surface area contributed by atoms with Crippen molar-refractivity contribution in [2.45, 2.75) is 6.61 Å². The molecule has 0 saturated heterocycles. The summed E-state index contributed by atoms with van der Waals surface area (Å²) in [6.45, 7) is 0.0253. The molecule has 5 nitrogen and oxygen atoms in total. The molecule has 8 heteroatoms. The van der Waals surface area contributed by atoms with Crippen molar-refractivity contribution < 1.29 is 18.3 Å². The van der Waals surface area contributed by atoms with Crippen LogP contribution in [0.2, 0.25) is 5.02 Å². The van der Waals surface area contributed by atoms with Crippen molar-refractivity contribution >= 4 is 33.4 Å². The number of benzene rings is 1. The second-order valence-corrected chi connectivity index (χ2v) is 4.99.